The van der Waals surface area contributed by atoms with E-state index in [-0.39, 0.29) is 17.6 Å². The summed E-state index contributed by atoms with van der Waals surface area (Å²) in [5.74, 6) is 0.694. The van der Waals surface area contributed by atoms with Gasteiger partial charge in [-0.05, 0) is 36.8 Å². The lowest BCUT2D eigenvalue weighted by atomic mass is 10.2. The zero-order chi connectivity index (χ0) is 20.6. The molecule has 0 fully saturated rings. The molecule has 0 atom stereocenters. The number of thioether (sulfide) groups is 1. The average molecular weight is 411 g/mol. The first-order valence-corrected chi connectivity index (χ1v) is 10.2. The molecule has 0 radical (unpaired) electrons. The minimum absolute atomic E-state index is 0.0428. The molecule has 0 saturated carbocycles. The number of carbonyl (C=O) groups excluding carboxylic acids is 2. The molecule has 0 unspecified atom stereocenters. The van der Waals surface area contributed by atoms with Crippen molar-refractivity contribution < 1.29 is 9.59 Å². The van der Waals surface area contributed by atoms with Gasteiger partial charge in [0, 0.05) is 42.8 Å². The van der Waals surface area contributed by atoms with Gasteiger partial charge in [0.25, 0.3) is 0 Å². The van der Waals surface area contributed by atoms with Gasteiger partial charge in [-0.3, -0.25) is 14.6 Å². The summed E-state index contributed by atoms with van der Waals surface area (Å²) in [4.78, 5) is 28.0. The molecule has 3 aromatic rings. The molecular formula is C20H22N6O2S. The van der Waals surface area contributed by atoms with E-state index in [4.69, 9.17) is 0 Å². The van der Waals surface area contributed by atoms with Crippen molar-refractivity contribution >= 4 is 35.0 Å². The van der Waals surface area contributed by atoms with Gasteiger partial charge in [0.2, 0.25) is 11.8 Å². The molecule has 1 aromatic carbocycles. The van der Waals surface area contributed by atoms with E-state index in [1.54, 1.807) is 36.7 Å². The van der Waals surface area contributed by atoms with E-state index in [0.29, 0.717) is 28.8 Å². The van der Waals surface area contributed by atoms with Crippen LogP contribution in [0.2, 0.25) is 0 Å². The molecule has 0 saturated heterocycles. The number of hydrogen-bond acceptors (Lipinski definition) is 6. The number of hydrogen-bond donors (Lipinski definition) is 2. The molecule has 0 aliphatic carbocycles. The maximum atomic E-state index is 12.3. The van der Waals surface area contributed by atoms with E-state index < -0.39 is 0 Å². The molecule has 9 heteroatoms. The highest BCUT2D eigenvalue weighted by atomic mass is 32.2. The Kier molecular flexibility index (Phi) is 6.96. The molecule has 150 valence electrons. The molecule has 0 aliphatic heterocycles. The van der Waals surface area contributed by atoms with E-state index in [1.165, 1.54) is 11.8 Å². The maximum absolute atomic E-state index is 12.3. The molecule has 29 heavy (non-hydrogen) atoms. The van der Waals surface area contributed by atoms with Gasteiger partial charge in [0.1, 0.15) is 0 Å². The van der Waals surface area contributed by atoms with Crippen LogP contribution in [0.25, 0.3) is 11.4 Å². The van der Waals surface area contributed by atoms with E-state index >= 15 is 0 Å². The lowest BCUT2D eigenvalue weighted by Gasteiger charge is -2.08. The van der Waals surface area contributed by atoms with Gasteiger partial charge in [-0.15, -0.1) is 10.2 Å². The first-order chi connectivity index (χ1) is 14.1. The SMILES string of the molecule is CCCC(=O)Nc1cccc(NC(=O)CSc2nnc(-c3ccncc3)n2C)c1. The minimum atomic E-state index is -0.166. The van der Waals surface area contributed by atoms with Crippen LogP contribution in [0.4, 0.5) is 11.4 Å². The summed E-state index contributed by atoms with van der Waals surface area (Å²) >= 11 is 1.30. The Hall–Kier alpha value is -3.20. The van der Waals surface area contributed by atoms with Crippen molar-refractivity contribution in [2.75, 3.05) is 16.4 Å². The Morgan fingerprint density at radius 1 is 1.03 bits per heavy atom. The second-order valence-electron chi connectivity index (χ2n) is 6.32. The third kappa shape index (κ3) is 5.64. The van der Waals surface area contributed by atoms with Gasteiger partial charge >= 0.3 is 0 Å². The first-order valence-electron chi connectivity index (χ1n) is 9.19. The molecule has 2 heterocycles. The van der Waals surface area contributed by atoms with Crippen LogP contribution in [-0.2, 0) is 16.6 Å². The lowest BCUT2D eigenvalue weighted by molar-refractivity contribution is -0.116. The van der Waals surface area contributed by atoms with Crippen molar-refractivity contribution in [2.45, 2.75) is 24.9 Å². The van der Waals surface area contributed by atoms with Gasteiger partial charge in [0.15, 0.2) is 11.0 Å². The summed E-state index contributed by atoms with van der Waals surface area (Å²) in [6.07, 6.45) is 4.64. The Bertz CT molecular complexity index is 990. The van der Waals surface area contributed by atoms with Gasteiger partial charge in [-0.25, -0.2) is 0 Å². The van der Waals surface area contributed by atoms with Crippen molar-refractivity contribution in [2.24, 2.45) is 7.05 Å². The fraction of sp³-hybridized carbons (Fsp3) is 0.250. The molecule has 2 aromatic heterocycles. The van der Waals surface area contributed by atoms with Crippen LogP contribution >= 0.6 is 11.8 Å². The summed E-state index contributed by atoms with van der Waals surface area (Å²) < 4.78 is 1.84. The number of aromatic nitrogens is 4. The number of benzene rings is 1. The monoisotopic (exact) mass is 410 g/mol. The molecule has 0 spiro atoms. The van der Waals surface area contributed by atoms with Gasteiger partial charge in [-0.2, -0.15) is 0 Å². The first kappa shape index (κ1) is 20.5. The van der Waals surface area contributed by atoms with Crippen LogP contribution < -0.4 is 10.6 Å². The summed E-state index contributed by atoms with van der Waals surface area (Å²) in [5, 5.41) is 14.7. The van der Waals surface area contributed by atoms with Gasteiger partial charge in [-0.1, -0.05) is 24.8 Å². The topological polar surface area (TPSA) is 102 Å². The second-order valence-corrected chi connectivity index (χ2v) is 7.26. The van der Waals surface area contributed by atoms with Crippen molar-refractivity contribution in [3.05, 3.63) is 48.8 Å². The molecule has 2 N–H and O–H groups in total. The van der Waals surface area contributed by atoms with Crippen LogP contribution in [0.1, 0.15) is 19.8 Å². The number of rotatable bonds is 8. The predicted octanol–water partition coefficient (Wildman–Crippen LogP) is 3.35. The molecule has 0 bridgehead atoms. The summed E-state index contributed by atoms with van der Waals surface area (Å²) in [5.41, 5.74) is 2.19. The van der Waals surface area contributed by atoms with E-state index in [1.807, 2.05) is 30.7 Å². The smallest absolute Gasteiger partial charge is 0.234 e. The van der Waals surface area contributed by atoms with Crippen LogP contribution in [0, 0.1) is 0 Å². The van der Waals surface area contributed by atoms with Crippen LogP contribution in [-0.4, -0.2) is 37.3 Å². The quantitative estimate of drug-likeness (QED) is 0.552. The zero-order valence-corrected chi connectivity index (χ0v) is 17.1. The normalized spacial score (nSPS) is 10.6. The number of nitrogens with one attached hydrogen (secondary N) is 2. The molecule has 8 nitrogen and oxygen atoms in total. The summed E-state index contributed by atoms with van der Waals surface area (Å²) in [6, 6.07) is 10.8. The van der Waals surface area contributed by atoms with Gasteiger partial charge in [0.05, 0.1) is 5.75 Å². The fourth-order valence-corrected chi connectivity index (χ4v) is 3.36. The average Bonchev–Trinajstić information content (AvgIpc) is 3.08. The Balaban J connectivity index is 1.57. The van der Waals surface area contributed by atoms with Crippen molar-refractivity contribution in [1.82, 2.24) is 19.7 Å². The number of anilines is 2. The maximum Gasteiger partial charge on any atom is 0.234 e. The van der Waals surface area contributed by atoms with Gasteiger partial charge < -0.3 is 15.2 Å². The van der Waals surface area contributed by atoms with Crippen LogP contribution in [0.15, 0.2) is 53.9 Å². The largest absolute Gasteiger partial charge is 0.326 e. The zero-order valence-electron chi connectivity index (χ0n) is 16.3. The van der Waals surface area contributed by atoms with Crippen molar-refractivity contribution in [1.29, 1.82) is 0 Å². The molecular weight excluding hydrogens is 388 g/mol. The summed E-state index contributed by atoms with van der Waals surface area (Å²) in [7, 11) is 1.86. The highest BCUT2D eigenvalue weighted by Crippen LogP contribution is 2.22. The Morgan fingerprint density at radius 2 is 1.72 bits per heavy atom. The number of pyridine rings is 1. The van der Waals surface area contributed by atoms with Crippen LogP contribution in [0.5, 0.6) is 0 Å². The fourth-order valence-electron chi connectivity index (χ4n) is 2.65. The second kappa shape index (κ2) is 9.83. The molecule has 0 aliphatic rings. The predicted molar refractivity (Wildman–Crippen MR) is 114 cm³/mol. The van der Waals surface area contributed by atoms with Crippen LogP contribution in [0.3, 0.4) is 0 Å². The number of nitrogens with zero attached hydrogens (tertiary/aromatic N) is 4. The van der Waals surface area contributed by atoms with Crippen molar-refractivity contribution in [3.8, 4) is 11.4 Å². The van der Waals surface area contributed by atoms with Crippen molar-refractivity contribution in [3.63, 3.8) is 0 Å². The third-order valence-corrected chi connectivity index (χ3v) is 5.03. The number of amides is 2. The standard InChI is InChI=1S/C20H22N6O2S/c1-3-5-17(27)22-15-6-4-7-16(12-15)23-18(28)13-29-20-25-24-19(26(20)2)14-8-10-21-11-9-14/h4,6-12H,3,5,13H2,1-2H3,(H,22,27)(H,23,28). The minimum Gasteiger partial charge on any atom is -0.326 e. The lowest BCUT2D eigenvalue weighted by Crippen LogP contribution is -2.15. The van der Waals surface area contributed by atoms with E-state index in [0.717, 1.165) is 12.0 Å². The Labute approximate surface area is 173 Å². The highest BCUT2D eigenvalue weighted by Gasteiger charge is 2.13. The number of carbonyl (C=O) groups is 2. The molecule has 3 rings (SSSR count). The Morgan fingerprint density at radius 3 is 2.41 bits per heavy atom. The molecule has 2 amide bonds. The van der Waals surface area contributed by atoms with E-state index in [2.05, 4.69) is 25.8 Å². The third-order valence-electron chi connectivity index (χ3n) is 4.01. The highest BCUT2D eigenvalue weighted by molar-refractivity contribution is 7.99. The summed E-state index contributed by atoms with van der Waals surface area (Å²) in [6.45, 7) is 1.95. The van der Waals surface area contributed by atoms with E-state index in [9.17, 15) is 9.59 Å².